The minimum atomic E-state index is 0.0827. The van der Waals surface area contributed by atoms with Gasteiger partial charge in [-0.1, -0.05) is 30.3 Å². The van der Waals surface area contributed by atoms with Crippen LogP contribution in [-0.4, -0.2) is 61.0 Å². The first-order chi connectivity index (χ1) is 13.6. The highest BCUT2D eigenvalue weighted by Crippen LogP contribution is 2.44. The van der Waals surface area contributed by atoms with Crippen LogP contribution in [0.5, 0.6) is 5.88 Å². The van der Waals surface area contributed by atoms with Crippen molar-refractivity contribution in [2.45, 2.75) is 25.2 Å². The van der Waals surface area contributed by atoms with E-state index in [1.807, 2.05) is 4.90 Å². The second-order valence-corrected chi connectivity index (χ2v) is 8.39. The fourth-order valence-electron chi connectivity index (χ4n) is 5.00. The van der Waals surface area contributed by atoms with E-state index in [2.05, 4.69) is 47.3 Å². The number of likely N-dealkylation sites (tertiary alicyclic amines) is 2. The molecule has 0 bridgehead atoms. The van der Waals surface area contributed by atoms with Crippen molar-refractivity contribution < 1.29 is 9.53 Å². The van der Waals surface area contributed by atoms with Crippen LogP contribution in [0.4, 0.5) is 0 Å². The zero-order valence-electron chi connectivity index (χ0n) is 16.8. The quantitative estimate of drug-likeness (QED) is 0.820. The third kappa shape index (κ3) is 3.90. The highest BCUT2D eigenvalue weighted by molar-refractivity contribution is 5.94. The Balaban J connectivity index is 1.44. The Labute approximate surface area is 167 Å². The van der Waals surface area contributed by atoms with Gasteiger partial charge in [0, 0.05) is 44.0 Å². The van der Waals surface area contributed by atoms with Gasteiger partial charge in [-0.15, -0.1) is 0 Å². The summed E-state index contributed by atoms with van der Waals surface area (Å²) < 4.78 is 5.16. The Morgan fingerprint density at radius 2 is 1.93 bits per heavy atom. The van der Waals surface area contributed by atoms with Crippen LogP contribution in [0.2, 0.25) is 0 Å². The van der Waals surface area contributed by atoms with Gasteiger partial charge in [0.05, 0.1) is 7.11 Å². The normalized spacial score (nSPS) is 22.2. The van der Waals surface area contributed by atoms with E-state index in [9.17, 15) is 4.79 Å². The number of carbonyl (C=O) groups is 1. The summed E-state index contributed by atoms with van der Waals surface area (Å²) in [6, 6.07) is 14.4. The zero-order chi connectivity index (χ0) is 19.6. The van der Waals surface area contributed by atoms with E-state index in [1.165, 1.54) is 12.0 Å². The molecule has 1 aromatic heterocycles. The predicted octanol–water partition coefficient (Wildman–Crippen LogP) is 3.43. The number of hydrogen-bond donors (Lipinski definition) is 0. The summed E-state index contributed by atoms with van der Waals surface area (Å²) in [5, 5.41) is 0. The molecule has 4 rings (SSSR count). The third-order valence-corrected chi connectivity index (χ3v) is 6.39. The maximum absolute atomic E-state index is 12.9. The van der Waals surface area contributed by atoms with Crippen molar-refractivity contribution in [2.75, 3.05) is 40.3 Å². The molecular formula is C23H29N3O2. The molecule has 2 saturated heterocycles. The van der Waals surface area contributed by atoms with Gasteiger partial charge in [-0.25, -0.2) is 4.98 Å². The molecule has 28 heavy (non-hydrogen) atoms. The molecule has 2 aliphatic heterocycles. The lowest BCUT2D eigenvalue weighted by Crippen LogP contribution is -2.51. The van der Waals surface area contributed by atoms with Crippen molar-refractivity contribution in [3.8, 4) is 5.88 Å². The number of pyridine rings is 1. The van der Waals surface area contributed by atoms with Crippen LogP contribution in [0.25, 0.3) is 0 Å². The van der Waals surface area contributed by atoms with Crippen LogP contribution in [0, 0.1) is 5.41 Å². The molecule has 1 atom stereocenters. The molecule has 0 N–H and O–H groups in total. The molecule has 1 amide bonds. The van der Waals surface area contributed by atoms with Crippen molar-refractivity contribution >= 4 is 5.91 Å². The van der Waals surface area contributed by atoms with E-state index in [4.69, 9.17) is 4.74 Å². The van der Waals surface area contributed by atoms with Gasteiger partial charge < -0.3 is 14.5 Å². The number of ether oxygens (including phenoxy) is 1. The van der Waals surface area contributed by atoms with Crippen LogP contribution in [0.1, 0.15) is 41.1 Å². The van der Waals surface area contributed by atoms with Crippen molar-refractivity contribution in [2.24, 2.45) is 5.41 Å². The van der Waals surface area contributed by atoms with Gasteiger partial charge in [0.15, 0.2) is 0 Å². The van der Waals surface area contributed by atoms with E-state index >= 15 is 0 Å². The lowest BCUT2D eigenvalue weighted by molar-refractivity contribution is 0.0224. The summed E-state index contributed by atoms with van der Waals surface area (Å²) in [6.45, 7) is 3.88. The van der Waals surface area contributed by atoms with Crippen molar-refractivity contribution in [1.82, 2.24) is 14.8 Å². The summed E-state index contributed by atoms with van der Waals surface area (Å²) in [6.07, 6.45) is 4.98. The van der Waals surface area contributed by atoms with Gasteiger partial charge in [-0.05, 0) is 49.3 Å². The number of hydrogen-bond acceptors (Lipinski definition) is 4. The second kappa shape index (κ2) is 7.92. The van der Waals surface area contributed by atoms with Gasteiger partial charge >= 0.3 is 0 Å². The average molecular weight is 380 g/mol. The van der Waals surface area contributed by atoms with Crippen LogP contribution in [0.3, 0.4) is 0 Å². The first kappa shape index (κ1) is 18.9. The molecule has 2 fully saturated rings. The largest absolute Gasteiger partial charge is 0.481 e. The van der Waals surface area contributed by atoms with Crippen molar-refractivity contribution in [1.29, 1.82) is 0 Å². The van der Waals surface area contributed by atoms with Gasteiger partial charge in [0.25, 0.3) is 5.91 Å². The van der Waals surface area contributed by atoms with Gasteiger partial charge in [0.1, 0.15) is 0 Å². The summed E-state index contributed by atoms with van der Waals surface area (Å²) in [7, 11) is 3.81. The van der Waals surface area contributed by atoms with E-state index in [0.717, 1.165) is 39.0 Å². The highest BCUT2D eigenvalue weighted by atomic mass is 16.5. The number of nitrogens with zero attached hydrogens (tertiary/aromatic N) is 3. The molecule has 0 radical (unpaired) electrons. The zero-order valence-corrected chi connectivity index (χ0v) is 16.8. The molecule has 5 nitrogen and oxygen atoms in total. The summed E-state index contributed by atoms with van der Waals surface area (Å²) in [4.78, 5) is 21.5. The maximum atomic E-state index is 12.9. The predicted molar refractivity (Wildman–Crippen MR) is 110 cm³/mol. The van der Waals surface area contributed by atoms with Crippen LogP contribution in [0.15, 0.2) is 48.7 Å². The first-order valence-corrected chi connectivity index (χ1v) is 10.1. The number of likely N-dealkylation sites (N-methyl/N-ethyl adjacent to an activating group) is 1. The topological polar surface area (TPSA) is 45.7 Å². The fraction of sp³-hybridized carbons (Fsp3) is 0.478. The Morgan fingerprint density at radius 1 is 1.18 bits per heavy atom. The Bertz CT molecular complexity index is 816. The standard InChI is InChI=1S/C23H29N3O2/c1-25-16-20(18-6-4-3-5-7-18)15-23(17-25)9-12-26(13-10-23)22(27)19-8-11-24-21(14-19)28-2/h3-8,11,14,20H,9-10,12-13,15-17H2,1-2H3/t20-/m0/s1. The Kier molecular flexibility index (Phi) is 5.36. The van der Waals surface area contributed by atoms with E-state index < -0.39 is 0 Å². The highest BCUT2D eigenvalue weighted by Gasteiger charge is 2.42. The van der Waals surface area contributed by atoms with E-state index in [-0.39, 0.29) is 5.91 Å². The molecule has 1 spiro atoms. The molecule has 2 aromatic rings. The third-order valence-electron chi connectivity index (χ3n) is 6.39. The lowest BCUT2D eigenvalue weighted by atomic mass is 9.68. The van der Waals surface area contributed by atoms with Gasteiger partial charge in [-0.3, -0.25) is 4.79 Å². The monoisotopic (exact) mass is 379 g/mol. The minimum absolute atomic E-state index is 0.0827. The van der Waals surface area contributed by atoms with Crippen LogP contribution < -0.4 is 4.74 Å². The Hall–Kier alpha value is -2.40. The molecule has 5 heteroatoms. The fourth-order valence-corrected chi connectivity index (χ4v) is 5.00. The number of amides is 1. The molecule has 1 aromatic carbocycles. The molecular weight excluding hydrogens is 350 g/mol. The van der Waals surface area contributed by atoms with Crippen molar-refractivity contribution in [3.05, 3.63) is 59.8 Å². The molecule has 3 heterocycles. The van der Waals surface area contributed by atoms with E-state index in [1.54, 1.807) is 25.4 Å². The average Bonchev–Trinajstić information content (AvgIpc) is 2.74. The summed E-state index contributed by atoms with van der Waals surface area (Å²) >= 11 is 0. The smallest absolute Gasteiger partial charge is 0.254 e. The molecule has 0 aliphatic carbocycles. The Morgan fingerprint density at radius 3 is 2.64 bits per heavy atom. The number of piperidine rings is 2. The maximum Gasteiger partial charge on any atom is 0.254 e. The first-order valence-electron chi connectivity index (χ1n) is 10.1. The number of aromatic nitrogens is 1. The molecule has 0 saturated carbocycles. The number of carbonyl (C=O) groups excluding carboxylic acids is 1. The number of methoxy groups -OCH3 is 1. The van der Waals surface area contributed by atoms with Crippen LogP contribution in [-0.2, 0) is 0 Å². The minimum Gasteiger partial charge on any atom is -0.481 e. The second-order valence-electron chi connectivity index (χ2n) is 8.39. The van der Waals surface area contributed by atoms with E-state index in [0.29, 0.717) is 22.8 Å². The number of rotatable bonds is 3. The summed E-state index contributed by atoms with van der Waals surface area (Å²) in [5.74, 6) is 1.14. The van der Waals surface area contributed by atoms with Crippen molar-refractivity contribution in [3.63, 3.8) is 0 Å². The van der Waals surface area contributed by atoms with Gasteiger partial charge in [0.2, 0.25) is 5.88 Å². The SMILES string of the molecule is COc1cc(C(=O)N2CCC3(CC2)C[C@H](c2ccccc2)CN(C)C3)ccn1. The molecule has 0 unspecified atom stereocenters. The summed E-state index contributed by atoms with van der Waals surface area (Å²) in [5.41, 5.74) is 2.40. The number of benzene rings is 1. The molecule has 2 aliphatic rings. The molecule has 148 valence electrons. The van der Waals surface area contributed by atoms with Gasteiger partial charge in [-0.2, -0.15) is 0 Å². The lowest BCUT2D eigenvalue weighted by Gasteiger charge is -2.49. The van der Waals surface area contributed by atoms with Crippen LogP contribution >= 0.6 is 0 Å².